The van der Waals surface area contributed by atoms with Crippen LogP contribution in [0.1, 0.15) is 129 Å². The highest BCUT2D eigenvalue weighted by molar-refractivity contribution is 7.47. The Morgan fingerprint density at radius 2 is 1.24 bits per heavy atom. The van der Waals surface area contributed by atoms with Crippen LogP contribution in [0.25, 0.3) is 0 Å². The molecule has 0 aromatic rings. The molecule has 1 N–H and O–H groups in total. The van der Waals surface area contributed by atoms with Crippen LogP contribution in [-0.4, -0.2) is 81.2 Å². The minimum absolute atomic E-state index is 0.000896. The zero-order chi connectivity index (χ0) is 31.5. The molecule has 0 aromatic carbocycles. The summed E-state index contributed by atoms with van der Waals surface area (Å²) in [4.78, 5) is 44.8. The molecule has 0 aliphatic carbocycles. The summed E-state index contributed by atoms with van der Waals surface area (Å²) in [5, 5.41) is 0. The highest BCUT2D eigenvalue weighted by atomic mass is 31.2. The van der Waals surface area contributed by atoms with Crippen molar-refractivity contribution in [3.8, 4) is 0 Å². The monoisotopic (exact) mass is 622 g/mol. The fraction of sp³-hybridized carbons (Fsp3) is 0.903. The number of hydrogen-bond acceptors (Lipinski definition) is 8. The number of phosphoric ester groups is 1. The molecule has 0 bridgehead atoms. The van der Waals surface area contributed by atoms with Gasteiger partial charge in [0.1, 0.15) is 26.0 Å². The van der Waals surface area contributed by atoms with Crippen molar-refractivity contribution in [3.05, 3.63) is 0 Å². The van der Waals surface area contributed by atoms with Crippen molar-refractivity contribution in [2.24, 2.45) is 0 Å². The number of rotatable bonds is 30. The maximum absolute atomic E-state index is 12.2. The quantitative estimate of drug-likeness (QED) is 0.0299. The maximum atomic E-state index is 12.2. The molecule has 0 rings (SSSR count). The standard InChI is InChI=1S/C31H60NO9P/c1-5-6-7-8-9-10-11-12-13-14-15-16-17-18-19-22-30(34)38-27-29(41-31(35)23-20-21-25-33)28-40-42(36,37)39-26-24-32(2,3)4/h25,29H,5-24,26-28H2,1-4H3/p+1. The number of unbranched alkanes of at least 4 members (excludes halogenated alkanes) is 15. The summed E-state index contributed by atoms with van der Waals surface area (Å²) in [6, 6.07) is 0. The van der Waals surface area contributed by atoms with E-state index < -0.39 is 32.5 Å². The molecule has 0 aromatic heterocycles. The molecule has 248 valence electrons. The smallest absolute Gasteiger partial charge is 0.462 e. The van der Waals surface area contributed by atoms with E-state index >= 15 is 0 Å². The van der Waals surface area contributed by atoms with Crippen molar-refractivity contribution in [2.45, 2.75) is 135 Å². The van der Waals surface area contributed by atoms with E-state index in [-0.39, 0.29) is 32.5 Å². The van der Waals surface area contributed by atoms with Gasteiger partial charge in [-0.1, -0.05) is 96.8 Å². The van der Waals surface area contributed by atoms with Crippen LogP contribution in [0, 0.1) is 0 Å². The Morgan fingerprint density at radius 1 is 0.738 bits per heavy atom. The van der Waals surface area contributed by atoms with Crippen molar-refractivity contribution >= 4 is 26.0 Å². The number of aldehydes is 1. The van der Waals surface area contributed by atoms with Crippen LogP contribution in [-0.2, 0) is 37.5 Å². The van der Waals surface area contributed by atoms with E-state index in [2.05, 4.69) is 6.92 Å². The number of esters is 2. The molecule has 0 amide bonds. The fourth-order valence-electron chi connectivity index (χ4n) is 4.23. The van der Waals surface area contributed by atoms with Crippen LogP contribution in [0.2, 0.25) is 0 Å². The summed E-state index contributed by atoms with van der Waals surface area (Å²) in [6.07, 6.45) is 19.0. The number of carbonyl (C=O) groups is 3. The first-order valence-electron chi connectivity index (χ1n) is 16.2. The van der Waals surface area contributed by atoms with Crippen molar-refractivity contribution < 1.29 is 46.8 Å². The van der Waals surface area contributed by atoms with Crippen molar-refractivity contribution in [1.82, 2.24) is 0 Å². The third kappa shape index (κ3) is 28.8. The van der Waals surface area contributed by atoms with Gasteiger partial charge in [0.25, 0.3) is 0 Å². The molecule has 0 aliphatic rings. The van der Waals surface area contributed by atoms with E-state index in [0.29, 0.717) is 23.7 Å². The number of hydrogen-bond donors (Lipinski definition) is 1. The minimum atomic E-state index is -4.38. The summed E-state index contributed by atoms with van der Waals surface area (Å²) in [5.41, 5.74) is 0. The van der Waals surface area contributed by atoms with Gasteiger partial charge in [-0.15, -0.1) is 0 Å². The molecule has 42 heavy (non-hydrogen) atoms. The molecule has 0 radical (unpaired) electrons. The molecule has 2 atom stereocenters. The largest absolute Gasteiger partial charge is 0.472 e. The second-order valence-corrected chi connectivity index (χ2v) is 13.6. The number of quaternary nitrogens is 1. The summed E-state index contributed by atoms with van der Waals surface area (Å²) in [7, 11) is 1.37. The normalized spacial score (nSPS) is 13.8. The fourth-order valence-corrected chi connectivity index (χ4v) is 4.98. The second-order valence-electron chi connectivity index (χ2n) is 12.2. The Hall–Kier alpha value is -1.32. The molecule has 0 saturated heterocycles. The SMILES string of the molecule is CCCCCCCCCCCCCCCCCC(=O)OCC(COP(=O)(O)OCC[N+](C)(C)C)OC(=O)CCCC=O. The summed E-state index contributed by atoms with van der Waals surface area (Å²) in [6.45, 7) is 1.97. The highest BCUT2D eigenvalue weighted by Crippen LogP contribution is 2.43. The van der Waals surface area contributed by atoms with Crippen LogP contribution < -0.4 is 0 Å². The molecule has 10 nitrogen and oxygen atoms in total. The number of ether oxygens (including phenoxy) is 2. The van der Waals surface area contributed by atoms with E-state index in [0.717, 1.165) is 19.3 Å². The Labute approximate surface area is 255 Å². The number of nitrogens with zero attached hydrogens (tertiary/aromatic N) is 1. The third-order valence-electron chi connectivity index (χ3n) is 6.86. The van der Waals surface area contributed by atoms with Gasteiger partial charge in [-0.25, -0.2) is 4.57 Å². The summed E-state index contributed by atoms with van der Waals surface area (Å²) >= 11 is 0. The van der Waals surface area contributed by atoms with Gasteiger partial charge in [-0.3, -0.25) is 18.6 Å². The number of likely N-dealkylation sites (N-methyl/N-ethyl adjacent to an activating group) is 1. The van der Waals surface area contributed by atoms with Crippen molar-refractivity contribution in [3.63, 3.8) is 0 Å². The average molecular weight is 623 g/mol. The van der Waals surface area contributed by atoms with Crippen LogP contribution in [0.5, 0.6) is 0 Å². The number of carbonyl (C=O) groups excluding carboxylic acids is 3. The zero-order valence-corrected chi connectivity index (χ0v) is 27.9. The predicted molar refractivity (Wildman–Crippen MR) is 165 cm³/mol. The van der Waals surface area contributed by atoms with Gasteiger partial charge in [0, 0.05) is 19.3 Å². The lowest BCUT2D eigenvalue weighted by molar-refractivity contribution is -0.870. The van der Waals surface area contributed by atoms with Crippen LogP contribution in [0.4, 0.5) is 0 Å². The van der Waals surface area contributed by atoms with Crippen LogP contribution in [0.15, 0.2) is 0 Å². The van der Waals surface area contributed by atoms with Gasteiger partial charge in [-0.05, 0) is 12.8 Å². The lowest BCUT2D eigenvalue weighted by Gasteiger charge is -2.24. The van der Waals surface area contributed by atoms with E-state index in [9.17, 15) is 23.8 Å². The first-order valence-corrected chi connectivity index (χ1v) is 17.7. The Balaban J connectivity index is 4.19. The van der Waals surface area contributed by atoms with Crippen molar-refractivity contribution in [1.29, 1.82) is 0 Å². The average Bonchev–Trinajstić information content (AvgIpc) is 2.91. The Bertz CT molecular complexity index is 742. The topological polar surface area (TPSA) is 125 Å². The maximum Gasteiger partial charge on any atom is 0.472 e. The second kappa shape index (κ2) is 26.1. The Morgan fingerprint density at radius 3 is 1.74 bits per heavy atom. The molecule has 0 aliphatic heterocycles. The predicted octanol–water partition coefficient (Wildman–Crippen LogP) is 6.91. The van der Waals surface area contributed by atoms with Gasteiger partial charge < -0.3 is 23.6 Å². The Kier molecular flexibility index (Phi) is 25.3. The molecule has 0 saturated carbocycles. The molecule has 0 spiro atoms. The van der Waals surface area contributed by atoms with E-state index in [1.807, 2.05) is 21.1 Å². The zero-order valence-electron chi connectivity index (χ0n) is 27.0. The van der Waals surface area contributed by atoms with Crippen molar-refractivity contribution in [2.75, 3.05) is 47.5 Å². The summed E-state index contributed by atoms with van der Waals surface area (Å²) in [5.74, 6) is -1.03. The van der Waals surface area contributed by atoms with Gasteiger partial charge >= 0.3 is 19.8 Å². The lowest BCUT2D eigenvalue weighted by Crippen LogP contribution is -2.37. The van der Waals surface area contributed by atoms with E-state index in [1.165, 1.54) is 77.0 Å². The third-order valence-corrected chi connectivity index (χ3v) is 7.84. The first-order chi connectivity index (χ1) is 20.0. The first kappa shape index (κ1) is 40.7. The van der Waals surface area contributed by atoms with Gasteiger partial charge in [0.2, 0.25) is 0 Å². The van der Waals surface area contributed by atoms with E-state index in [4.69, 9.17) is 18.5 Å². The molecule has 2 unspecified atom stereocenters. The molecular formula is C31H61NO9P+. The van der Waals surface area contributed by atoms with E-state index in [1.54, 1.807) is 0 Å². The molecule has 0 heterocycles. The number of phosphoric acid groups is 1. The minimum Gasteiger partial charge on any atom is -0.462 e. The van der Waals surface area contributed by atoms with Gasteiger partial charge in [0.15, 0.2) is 6.10 Å². The summed E-state index contributed by atoms with van der Waals surface area (Å²) < 4.78 is 33.3. The lowest BCUT2D eigenvalue weighted by atomic mass is 10.0. The van der Waals surface area contributed by atoms with Gasteiger partial charge in [-0.2, -0.15) is 0 Å². The molecule has 11 heteroatoms. The van der Waals surface area contributed by atoms with Crippen LogP contribution in [0.3, 0.4) is 0 Å². The molecule has 0 fully saturated rings. The molecular weight excluding hydrogens is 561 g/mol. The highest BCUT2D eigenvalue weighted by Gasteiger charge is 2.27. The van der Waals surface area contributed by atoms with Crippen LogP contribution >= 0.6 is 7.82 Å². The van der Waals surface area contributed by atoms with Gasteiger partial charge in [0.05, 0.1) is 27.7 Å².